The Bertz CT molecular complexity index is 612. The quantitative estimate of drug-likeness (QED) is 0.661. The van der Waals surface area contributed by atoms with Crippen molar-refractivity contribution in [3.05, 3.63) is 46.6 Å². The van der Waals surface area contributed by atoms with Gasteiger partial charge in [0.05, 0.1) is 11.9 Å². The van der Waals surface area contributed by atoms with E-state index in [2.05, 4.69) is 69.6 Å². The lowest BCUT2D eigenvalue weighted by atomic mass is 10.1. The molecule has 0 spiro atoms. The Hall–Kier alpha value is -1.62. The molecule has 2 rings (SSSR count). The van der Waals surface area contributed by atoms with E-state index in [0.29, 0.717) is 17.7 Å². The van der Waals surface area contributed by atoms with Crippen molar-refractivity contribution in [3.8, 4) is 0 Å². The Kier molecular flexibility index (Phi) is 8.62. The number of rotatable bonds is 4. The van der Waals surface area contributed by atoms with E-state index < -0.39 is 0 Å². The van der Waals surface area contributed by atoms with Crippen LogP contribution in [0.25, 0.3) is 0 Å². The second kappa shape index (κ2) is 10.2. The van der Waals surface area contributed by atoms with E-state index in [1.165, 1.54) is 5.56 Å². The molecule has 5 heteroatoms. The molecule has 0 fully saturated rings. The molecule has 0 bridgehead atoms. The van der Waals surface area contributed by atoms with Gasteiger partial charge < -0.3 is 0 Å². The van der Waals surface area contributed by atoms with E-state index in [1.54, 1.807) is 12.4 Å². The van der Waals surface area contributed by atoms with Crippen molar-refractivity contribution < 1.29 is 0 Å². The fourth-order valence-corrected chi connectivity index (χ4v) is 1.96. The van der Waals surface area contributed by atoms with E-state index in [0.717, 1.165) is 16.7 Å². The summed E-state index contributed by atoms with van der Waals surface area (Å²) in [6, 6.07) is 4.06. The summed E-state index contributed by atoms with van der Waals surface area (Å²) in [6.45, 7) is 10.5. The van der Waals surface area contributed by atoms with Gasteiger partial charge in [-0.3, -0.25) is 4.98 Å². The highest BCUT2D eigenvalue weighted by atomic mass is 79.9. The van der Waals surface area contributed by atoms with E-state index in [4.69, 9.17) is 0 Å². The molecule has 2 aromatic heterocycles. The van der Waals surface area contributed by atoms with Crippen LogP contribution in [0.5, 0.6) is 0 Å². The van der Waals surface area contributed by atoms with Gasteiger partial charge in [0.2, 0.25) is 0 Å². The van der Waals surface area contributed by atoms with Crippen LogP contribution in [0.2, 0.25) is 0 Å². The maximum absolute atomic E-state index is 4.30. The third-order valence-corrected chi connectivity index (χ3v) is 3.72. The molecular weight excluding hydrogens is 352 g/mol. The fourth-order valence-electron chi connectivity index (χ4n) is 1.59. The molecule has 23 heavy (non-hydrogen) atoms. The Labute approximate surface area is 147 Å². The summed E-state index contributed by atoms with van der Waals surface area (Å²) in [5.74, 6) is 1.78. The number of hydrogen-bond acceptors (Lipinski definition) is 4. The molecule has 1 atom stereocenters. The van der Waals surface area contributed by atoms with Crippen LogP contribution >= 0.6 is 15.9 Å². The maximum atomic E-state index is 4.30. The first-order valence-electron chi connectivity index (χ1n) is 7.87. The van der Waals surface area contributed by atoms with Gasteiger partial charge in [-0.05, 0) is 52.7 Å². The van der Waals surface area contributed by atoms with Crippen LogP contribution in [0.15, 0.2) is 40.3 Å². The van der Waals surface area contributed by atoms with Crippen molar-refractivity contribution in [1.82, 2.24) is 15.0 Å². The first-order valence-corrected chi connectivity index (χ1v) is 8.66. The zero-order valence-electron chi connectivity index (χ0n) is 14.5. The molecule has 4 nitrogen and oxygen atoms in total. The predicted octanol–water partition coefficient (Wildman–Crippen LogP) is 5.50. The highest BCUT2D eigenvalue weighted by Crippen LogP contribution is 2.15. The summed E-state index contributed by atoms with van der Waals surface area (Å²) in [4.78, 5) is 16.7. The van der Waals surface area contributed by atoms with Crippen molar-refractivity contribution in [3.63, 3.8) is 0 Å². The lowest BCUT2D eigenvalue weighted by Crippen LogP contribution is -1.93. The summed E-state index contributed by atoms with van der Waals surface area (Å²) in [7, 11) is 0. The molecule has 0 aliphatic heterocycles. The molecule has 0 aromatic carbocycles. The first-order chi connectivity index (χ1) is 10.9. The predicted molar refractivity (Wildman–Crippen MR) is 100 cm³/mol. The Morgan fingerprint density at radius 3 is 2.48 bits per heavy atom. The minimum Gasteiger partial charge on any atom is -0.264 e. The third-order valence-electron chi connectivity index (χ3n) is 3.34. The van der Waals surface area contributed by atoms with Crippen LogP contribution in [0.4, 0.5) is 5.82 Å². The Balaban J connectivity index is 0.000000253. The minimum atomic E-state index is 0.486. The van der Waals surface area contributed by atoms with Crippen molar-refractivity contribution in [1.29, 1.82) is 0 Å². The molecule has 0 amide bonds. The highest BCUT2D eigenvalue weighted by molar-refractivity contribution is 9.10. The van der Waals surface area contributed by atoms with Crippen LogP contribution < -0.4 is 0 Å². The topological polar surface area (TPSA) is 51.0 Å². The van der Waals surface area contributed by atoms with Crippen molar-refractivity contribution in [2.24, 2.45) is 10.9 Å². The number of hydrogen-bond donors (Lipinski definition) is 0. The standard InChI is InChI=1S/C10H14BrN3.C8H11N/c1-4-7(2)5-12-10-8(3)14-9(11)6-13-10;1-7(2)8-4-3-5-9-6-8/h5-7H,4H2,1-3H3;3-7H,1-2H3. The van der Waals surface area contributed by atoms with Gasteiger partial charge in [0.25, 0.3) is 0 Å². The lowest BCUT2D eigenvalue weighted by Gasteiger charge is -2.00. The number of pyridine rings is 1. The Morgan fingerprint density at radius 2 is 2.00 bits per heavy atom. The smallest absolute Gasteiger partial charge is 0.173 e. The number of aryl methyl sites for hydroxylation is 1. The number of nitrogens with zero attached hydrogens (tertiary/aromatic N) is 4. The average molecular weight is 377 g/mol. The fraction of sp³-hybridized carbons (Fsp3) is 0.444. The monoisotopic (exact) mass is 376 g/mol. The molecule has 0 saturated heterocycles. The van der Waals surface area contributed by atoms with E-state index in [1.807, 2.05) is 25.4 Å². The first kappa shape index (κ1) is 19.4. The molecular formula is C18H25BrN4. The van der Waals surface area contributed by atoms with E-state index in [-0.39, 0.29) is 0 Å². The molecule has 2 heterocycles. The zero-order chi connectivity index (χ0) is 17.2. The number of aromatic nitrogens is 3. The van der Waals surface area contributed by atoms with Crippen LogP contribution in [-0.2, 0) is 0 Å². The molecule has 0 N–H and O–H groups in total. The van der Waals surface area contributed by atoms with Gasteiger partial charge in [0.1, 0.15) is 4.60 Å². The van der Waals surface area contributed by atoms with Crippen molar-refractivity contribution >= 4 is 28.0 Å². The molecule has 0 radical (unpaired) electrons. The van der Waals surface area contributed by atoms with Gasteiger partial charge in [-0.1, -0.05) is 33.8 Å². The molecule has 124 valence electrons. The highest BCUT2D eigenvalue weighted by Gasteiger charge is 2.00. The number of halogens is 1. The van der Waals surface area contributed by atoms with Gasteiger partial charge in [0, 0.05) is 18.6 Å². The van der Waals surface area contributed by atoms with Gasteiger partial charge >= 0.3 is 0 Å². The van der Waals surface area contributed by atoms with Crippen molar-refractivity contribution in [2.75, 3.05) is 0 Å². The molecule has 2 aromatic rings. The van der Waals surface area contributed by atoms with Gasteiger partial charge in [-0.2, -0.15) is 0 Å². The second-order valence-corrected chi connectivity index (χ2v) is 6.52. The van der Waals surface area contributed by atoms with E-state index >= 15 is 0 Å². The normalized spacial score (nSPS) is 12.1. The van der Waals surface area contributed by atoms with Gasteiger partial charge in [0.15, 0.2) is 5.82 Å². The largest absolute Gasteiger partial charge is 0.264 e. The SMILES string of the molecule is CC(C)c1cccnc1.CCC(C)C=Nc1ncc(Br)nc1C. The average Bonchev–Trinajstić information content (AvgIpc) is 2.55. The lowest BCUT2D eigenvalue weighted by molar-refractivity contribution is 0.754. The Morgan fingerprint density at radius 1 is 1.26 bits per heavy atom. The molecule has 0 aliphatic carbocycles. The summed E-state index contributed by atoms with van der Waals surface area (Å²) >= 11 is 3.26. The summed E-state index contributed by atoms with van der Waals surface area (Å²) in [6.07, 6.45) is 8.38. The van der Waals surface area contributed by atoms with Gasteiger partial charge in [-0.15, -0.1) is 0 Å². The minimum absolute atomic E-state index is 0.486. The van der Waals surface area contributed by atoms with Gasteiger partial charge in [-0.25, -0.2) is 15.0 Å². The van der Waals surface area contributed by atoms with Crippen LogP contribution in [0.1, 0.15) is 51.3 Å². The second-order valence-electron chi connectivity index (χ2n) is 5.71. The van der Waals surface area contributed by atoms with Crippen LogP contribution in [-0.4, -0.2) is 21.2 Å². The van der Waals surface area contributed by atoms with E-state index in [9.17, 15) is 0 Å². The molecule has 1 unspecified atom stereocenters. The van der Waals surface area contributed by atoms with Crippen LogP contribution in [0, 0.1) is 12.8 Å². The maximum Gasteiger partial charge on any atom is 0.173 e. The summed E-state index contributed by atoms with van der Waals surface area (Å²) in [5, 5.41) is 0. The molecule has 0 saturated carbocycles. The molecule has 0 aliphatic rings. The number of aliphatic imine (C=N–C) groups is 1. The summed E-state index contributed by atoms with van der Waals surface area (Å²) < 4.78 is 0.748. The van der Waals surface area contributed by atoms with Crippen LogP contribution in [0.3, 0.4) is 0 Å². The summed E-state index contributed by atoms with van der Waals surface area (Å²) in [5.41, 5.74) is 2.15. The third kappa shape index (κ3) is 7.46. The van der Waals surface area contributed by atoms with Crippen molar-refractivity contribution in [2.45, 2.75) is 47.0 Å². The zero-order valence-corrected chi connectivity index (χ0v) is 16.1.